The van der Waals surface area contributed by atoms with Crippen LogP contribution in [0.5, 0.6) is 0 Å². The minimum atomic E-state index is -0.298. The molecule has 0 atom stereocenters. The van der Waals surface area contributed by atoms with Gasteiger partial charge in [0.15, 0.2) is 0 Å². The molecule has 1 aromatic heterocycles. The fourth-order valence-electron chi connectivity index (χ4n) is 2.16. The summed E-state index contributed by atoms with van der Waals surface area (Å²) in [5.41, 5.74) is 9.35. The lowest BCUT2D eigenvalue weighted by Crippen LogP contribution is -2.07. The number of aromatic nitrogens is 2. The van der Waals surface area contributed by atoms with Crippen molar-refractivity contribution < 1.29 is 4.39 Å². The minimum Gasteiger partial charge on any atom is -0.396 e. The van der Waals surface area contributed by atoms with Crippen molar-refractivity contribution in [3.05, 3.63) is 46.0 Å². The number of anilines is 1. The van der Waals surface area contributed by atoms with Crippen LogP contribution >= 0.6 is 11.6 Å². The highest BCUT2D eigenvalue weighted by atomic mass is 35.5. The quantitative estimate of drug-likeness (QED) is 0.933. The van der Waals surface area contributed by atoms with E-state index in [-0.39, 0.29) is 5.82 Å². The number of rotatable bonds is 4. The van der Waals surface area contributed by atoms with Crippen LogP contribution in [0.2, 0.25) is 5.02 Å². The van der Waals surface area contributed by atoms with Gasteiger partial charge in [0.2, 0.25) is 0 Å². The molecule has 2 N–H and O–H groups in total. The van der Waals surface area contributed by atoms with Crippen LogP contribution in [0.15, 0.2) is 18.2 Å². The number of hydrogen-bond acceptors (Lipinski definition) is 2. The number of aryl methyl sites for hydroxylation is 1. The Hall–Kier alpha value is -1.55. The Balaban J connectivity index is 2.40. The predicted molar refractivity (Wildman–Crippen MR) is 75.9 cm³/mol. The summed E-state index contributed by atoms with van der Waals surface area (Å²) in [5, 5.41) is 5.01. The lowest BCUT2D eigenvalue weighted by molar-refractivity contribution is 0.611. The summed E-state index contributed by atoms with van der Waals surface area (Å²) >= 11 is 6.08. The van der Waals surface area contributed by atoms with Gasteiger partial charge in [-0.05, 0) is 36.6 Å². The van der Waals surface area contributed by atoms with E-state index in [1.165, 1.54) is 12.1 Å². The fraction of sp³-hybridized carbons (Fsp3) is 0.357. The molecule has 5 heteroatoms. The van der Waals surface area contributed by atoms with Crippen LogP contribution in [0, 0.1) is 5.82 Å². The number of nitrogens with two attached hydrogens (primary N) is 1. The lowest BCUT2D eigenvalue weighted by Gasteiger charge is -2.08. The molecule has 0 unspecified atom stereocenters. The molecular formula is C14H17ClFN3. The van der Waals surface area contributed by atoms with Gasteiger partial charge in [0, 0.05) is 5.02 Å². The maximum absolute atomic E-state index is 13.3. The largest absolute Gasteiger partial charge is 0.396 e. The van der Waals surface area contributed by atoms with E-state index in [0.717, 1.165) is 29.9 Å². The van der Waals surface area contributed by atoms with Crippen LogP contribution < -0.4 is 5.73 Å². The molecule has 2 aromatic rings. The average Bonchev–Trinajstić information content (AvgIpc) is 2.69. The molecule has 0 aliphatic carbocycles. The van der Waals surface area contributed by atoms with Crippen molar-refractivity contribution in [1.29, 1.82) is 0 Å². The second-order valence-corrected chi connectivity index (χ2v) is 4.81. The average molecular weight is 282 g/mol. The number of nitrogens with zero attached hydrogens (tertiary/aromatic N) is 2. The summed E-state index contributed by atoms with van der Waals surface area (Å²) in [6, 6.07) is 4.35. The first-order chi connectivity index (χ1) is 9.06. The zero-order valence-electron chi connectivity index (χ0n) is 11.1. The molecular weight excluding hydrogens is 265 g/mol. The Morgan fingerprint density at radius 2 is 2.05 bits per heavy atom. The van der Waals surface area contributed by atoms with Crippen LogP contribution in [0.25, 0.3) is 0 Å². The predicted octanol–water partition coefficient (Wildman–Crippen LogP) is 3.43. The van der Waals surface area contributed by atoms with Crippen LogP contribution in [0.3, 0.4) is 0 Å². The van der Waals surface area contributed by atoms with E-state index in [0.29, 0.717) is 17.1 Å². The molecule has 0 fully saturated rings. The van der Waals surface area contributed by atoms with E-state index < -0.39 is 0 Å². The summed E-state index contributed by atoms with van der Waals surface area (Å²) < 4.78 is 15.1. The number of nitrogen functional groups attached to an aromatic ring is 1. The fourth-order valence-corrected chi connectivity index (χ4v) is 2.33. The van der Waals surface area contributed by atoms with E-state index in [1.807, 2.05) is 18.5 Å². The van der Waals surface area contributed by atoms with Gasteiger partial charge < -0.3 is 5.73 Å². The summed E-state index contributed by atoms with van der Waals surface area (Å²) in [6.45, 7) is 4.47. The third kappa shape index (κ3) is 2.73. The Bertz CT molecular complexity index is 593. The zero-order chi connectivity index (χ0) is 14.0. The Labute approximate surface area is 117 Å². The van der Waals surface area contributed by atoms with Crippen molar-refractivity contribution in [2.45, 2.75) is 33.2 Å². The van der Waals surface area contributed by atoms with E-state index in [2.05, 4.69) is 5.10 Å². The highest BCUT2D eigenvalue weighted by molar-refractivity contribution is 6.31. The Morgan fingerprint density at radius 3 is 2.68 bits per heavy atom. The maximum Gasteiger partial charge on any atom is 0.123 e. The molecule has 3 nitrogen and oxygen atoms in total. The smallest absolute Gasteiger partial charge is 0.123 e. The van der Waals surface area contributed by atoms with Crippen molar-refractivity contribution in [2.24, 2.45) is 0 Å². The van der Waals surface area contributed by atoms with Gasteiger partial charge in [-0.15, -0.1) is 0 Å². The monoisotopic (exact) mass is 281 g/mol. The number of benzene rings is 1. The molecule has 0 aliphatic heterocycles. The highest BCUT2D eigenvalue weighted by Gasteiger charge is 2.14. The summed E-state index contributed by atoms with van der Waals surface area (Å²) in [4.78, 5) is 0. The van der Waals surface area contributed by atoms with Crippen molar-refractivity contribution >= 4 is 17.3 Å². The van der Waals surface area contributed by atoms with Crippen LogP contribution in [-0.4, -0.2) is 9.78 Å². The third-order valence-corrected chi connectivity index (χ3v) is 3.54. The highest BCUT2D eigenvalue weighted by Crippen LogP contribution is 2.23. The molecule has 1 aromatic carbocycles. The van der Waals surface area contributed by atoms with Gasteiger partial charge in [0.25, 0.3) is 0 Å². The van der Waals surface area contributed by atoms with Crippen LogP contribution in [0.1, 0.15) is 30.8 Å². The van der Waals surface area contributed by atoms with Gasteiger partial charge in [-0.2, -0.15) is 5.10 Å². The van der Waals surface area contributed by atoms with Crippen LogP contribution in [-0.2, 0) is 19.4 Å². The van der Waals surface area contributed by atoms with Crippen molar-refractivity contribution in [3.63, 3.8) is 0 Å². The SMILES string of the molecule is CCc1nn(Cc2cc(F)ccc2Cl)c(CC)c1N. The number of hydrogen-bond donors (Lipinski definition) is 1. The third-order valence-electron chi connectivity index (χ3n) is 3.17. The van der Waals surface area contributed by atoms with Gasteiger partial charge in [-0.1, -0.05) is 25.4 Å². The normalized spacial score (nSPS) is 10.9. The molecule has 0 spiro atoms. The standard InChI is InChI=1S/C14H17ClFN3/c1-3-12-14(17)13(4-2)19(18-12)8-9-7-10(16)5-6-11(9)15/h5-7H,3-4,8,17H2,1-2H3. The molecule has 102 valence electrons. The second-order valence-electron chi connectivity index (χ2n) is 4.41. The van der Waals surface area contributed by atoms with Crippen molar-refractivity contribution in [3.8, 4) is 0 Å². The van der Waals surface area contributed by atoms with Gasteiger partial charge in [-0.3, -0.25) is 4.68 Å². The first-order valence-corrected chi connectivity index (χ1v) is 6.72. The first-order valence-electron chi connectivity index (χ1n) is 6.34. The molecule has 2 rings (SSSR count). The molecule has 1 heterocycles. The van der Waals surface area contributed by atoms with Crippen molar-refractivity contribution in [2.75, 3.05) is 5.73 Å². The van der Waals surface area contributed by atoms with E-state index >= 15 is 0 Å². The van der Waals surface area contributed by atoms with Crippen LogP contribution in [0.4, 0.5) is 10.1 Å². The maximum atomic E-state index is 13.3. The molecule has 0 saturated carbocycles. The first kappa shape index (κ1) is 13.9. The summed E-state index contributed by atoms with van der Waals surface area (Å²) in [5.74, 6) is -0.298. The molecule has 19 heavy (non-hydrogen) atoms. The van der Waals surface area contributed by atoms with Crippen molar-refractivity contribution in [1.82, 2.24) is 9.78 Å². The molecule has 0 bridgehead atoms. The van der Waals surface area contributed by atoms with E-state index in [1.54, 1.807) is 6.07 Å². The second kappa shape index (κ2) is 5.61. The molecule has 0 amide bonds. The number of halogens is 2. The van der Waals surface area contributed by atoms with E-state index in [9.17, 15) is 4.39 Å². The topological polar surface area (TPSA) is 43.8 Å². The Morgan fingerprint density at radius 1 is 1.32 bits per heavy atom. The Kier molecular flexibility index (Phi) is 4.10. The minimum absolute atomic E-state index is 0.298. The molecule has 0 radical (unpaired) electrons. The molecule has 0 saturated heterocycles. The molecule has 0 aliphatic rings. The summed E-state index contributed by atoms with van der Waals surface area (Å²) in [7, 11) is 0. The van der Waals surface area contributed by atoms with Gasteiger partial charge in [0.1, 0.15) is 5.82 Å². The van der Waals surface area contributed by atoms with E-state index in [4.69, 9.17) is 17.3 Å². The van der Waals surface area contributed by atoms with Gasteiger partial charge in [-0.25, -0.2) is 4.39 Å². The lowest BCUT2D eigenvalue weighted by atomic mass is 10.2. The summed E-state index contributed by atoms with van der Waals surface area (Å²) in [6.07, 6.45) is 1.56. The van der Waals surface area contributed by atoms with Gasteiger partial charge >= 0.3 is 0 Å². The van der Waals surface area contributed by atoms with Gasteiger partial charge in [0.05, 0.1) is 23.6 Å². The zero-order valence-corrected chi connectivity index (χ0v) is 11.8.